The van der Waals surface area contributed by atoms with Gasteiger partial charge in [-0.2, -0.15) is 0 Å². The minimum atomic E-state index is -0.566. The lowest BCUT2D eigenvalue weighted by molar-refractivity contribution is -0.151. The third-order valence-corrected chi connectivity index (χ3v) is 2.57. The summed E-state index contributed by atoms with van der Waals surface area (Å²) in [5, 5.41) is 9.39. The molecular formula is C12H19NO3. The first kappa shape index (κ1) is 12.8. The molecule has 0 fully saturated rings. The summed E-state index contributed by atoms with van der Waals surface area (Å²) in [5.74, 6) is -0.236. The van der Waals surface area contributed by atoms with Crippen molar-refractivity contribution in [2.75, 3.05) is 7.11 Å². The molecule has 4 heteroatoms. The van der Waals surface area contributed by atoms with Crippen LogP contribution in [0.25, 0.3) is 0 Å². The SMILES string of the molecule is COC(=O)C(C)(C)Cn1ccc(C(C)O)c1. The normalized spacial score (nSPS) is 13.6. The second kappa shape index (κ2) is 4.70. The zero-order valence-corrected chi connectivity index (χ0v) is 10.2. The van der Waals surface area contributed by atoms with E-state index < -0.39 is 11.5 Å². The lowest BCUT2D eigenvalue weighted by Crippen LogP contribution is -2.30. The molecule has 1 unspecified atom stereocenters. The highest BCUT2D eigenvalue weighted by molar-refractivity contribution is 5.75. The molecule has 0 aliphatic carbocycles. The van der Waals surface area contributed by atoms with Crippen molar-refractivity contribution in [3.8, 4) is 0 Å². The van der Waals surface area contributed by atoms with Crippen molar-refractivity contribution >= 4 is 5.97 Å². The molecule has 1 aromatic heterocycles. The van der Waals surface area contributed by atoms with Crippen molar-refractivity contribution in [1.29, 1.82) is 0 Å². The molecule has 0 spiro atoms. The monoisotopic (exact) mass is 225 g/mol. The zero-order chi connectivity index (χ0) is 12.3. The number of aromatic nitrogens is 1. The van der Waals surface area contributed by atoms with Gasteiger partial charge in [-0.05, 0) is 32.4 Å². The fourth-order valence-electron chi connectivity index (χ4n) is 1.60. The van der Waals surface area contributed by atoms with Gasteiger partial charge < -0.3 is 14.4 Å². The number of hydrogen-bond acceptors (Lipinski definition) is 3. The summed E-state index contributed by atoms with van der Waals surface area (Å²) in [5.41, 5.74) is 0.282. The molecule has 1 atom stereocenters. The molecule has 1 rings (SSSR count). The fourth-order valence-corrected chi connectivity index (χ4v) is 1.60. The Morgan fingerprint density at radius 2 is 2.25 bits per heavy atom. The van der Waals surface area contributed by atoms with Gasteiger partial charge in [0, 0.05) is 18.9 Å². The van der Waals surface area contributed by atoms with E-state index in [1.165, 1.54) is 7.11 Å². The van der Waals surface area contributed by atoms with Gasteiger partial charge in [0.15, 0.2) is 0 Å². The summed E-state index contributed by atoms with van der Waals surface area (Å²) in [6.07, 6.45) is 3.21. The van der Waals surface area contributed by atoms with Crippen molar-refractivity contribution in [2.24, 2.45) is 5.41 Å². The maximum Gasteiger partial charge on any atom is 0.313 e. The van der Waals surface area contributed by atoms with Gasteiger partial charge in [0.05, 0.1) is 18.6 Å². The average Bonchev–Trinajstić information content (AvgIpc) is 2.64. The number of aliphatic hydroxyl groups is 1. The molecule has 0 saturated carbocycles. The van der Waals surface area contributed by atoms with E-state index in [1.54, 1.807) is 6.92 Å². The van der Waals surface area contributed by atoms with E-state index in [-0.39, 0.29) is 5.97 Å². The number of methoxy groups -OCH3 is 1. The number of ether oxygens (including phenoxy) is 1. The quantitative estimate of drug-likeness (QED) is 0.794. The van der Waals surface area contributed by atoms with Gasteiger partial charge in [0.1, 0.15) is 0 Å². The summed E-state index contributed by atoms with van der Waals surface area (Å²) >= 11 is 0. The maximum absolute atomic E-state index is 11.5. The fraction of sp³-hybridized carbons (Fsp3) is 0.583. The molecule has 1 heterocycles. The van der Waals surface area contributed by atoms with Crippen LogP contribution in [0.15, 0.2) is 18.5 Å². The minimum absolute atomic E-state index is 0.236. The second-order valence-corrected chi connectivity index (χ2v) is 4.67. The molecule has 90 valence electrons. The topological polar surface area (TPSA) is 51.5 Å². The van der Waals surface area contributed by atoms with Gasteiger partial charge in [0.25, 0.3) is 0 Å². The third-order valence-electron chi connectivity index (χ3n) is 2.57. The summed E-state index contributed by atoms with van der Waals surface area (Å²) in [6.45, 7) is 5.92. The van der Waals surface area contributed by atoms with Crippen LogP contribution in [-0.2, 0) is 16.1 Å². The molecule has 1 aromatic rings. The molecule has 0 radical (unpaired) electrons. The Morgan fingerprint density at radius 3 is 2.69 bits per heavy atom. The number of carbonyl (C=O) groups excluding carboxylic acids is 1. The summed E-state index contributed by atoms with van der Waals surface area (Å²) < 4.78 is 6.63. The van der Waals surface area contributed by atoms with Crippen molar-refractivity contribution < 1.29 is 14.6 Å². The molecule has 0 aliphatic rings. The highest BCUT2D eigenvalue weighted by Crippen LogP contribution is 2.21. The van der Waals surface area contributed by atoms with Crippen LogP contribution in [0.5, 0.6) is 0 Å². The third kappa shape index (κ3) is 2.85. The standard InChI is InChI=1S/C12H19NO3/c1-9(14)10-5-6-13(7-10)8-12(2,3)11(15)16-4/h5-7,9,14H,8H2,1-4H3. The molecule has 0 aliphatic heterocycles. The van der Waals surface area contributed by atoms with E-state index in [1.807, 2.05) is 36.9 Å². The highest BCUT2D eigenvalue weighted by atomic mass is 16.5. The van der Waals surface area contributed by atoms with Crippen LogP contribution in [-0.4, -0.2) is 22.8 Å². The van der Waals surface area contributed by atoms with E-state index >= 15 is 0 Å². The number of rotatable bonds is 4. The van der Waals surface area contributed by atoms with Crippen molar-refractivity contribution in [3.63, 3.8) is 0 Å². The maximum atomic E-state index is 11.5. The Labute approximate surface area is 95.8 Å². The lowest BCUT2D eigenvalue weighted by Gasteiger charge is -2.21. The van der Waals surface area contributed by atoms with Gasteiger partial charge in [0.2, 0.25) is 0 Å². The summed E-state index contributed by atoms with van der Waals surface area (Å²) in [4.78, 5) is 11.5. The molecule has 0 saturated heterocycles. The molecule has 0 bridgehead atoms. The second-order valence-electron chi connectivity index (χ2n) is 4.67. The number of nitrogens with zero attached hydrogens (tertiary/aromatic N) is 1. The Balaban J connectivity index is 2.76. The van der Waals surface area contributed by atoms with Crippen LogP contribution in [0.2, 0.25) is 0 Å². The summed E-state index contributed by atoms with van der Waals surface area (Å²) in [7, 11) is 1.39. The number of aliphatic hydroxyl groups excluding tert-OH is 1. The largest absolute Gasteiger partial charge is 0.469 e. The number of hydrogen-bond donors (Lipinski definition) is 1. The predicted molar refractivity (Wildman–Crippen MR) is 60.9 cm³/mol. The number of carbonyl (C=O) groups is 1. The Bertz CT molecular complexity index is 366. The van der Waals surface area contributed by atoms with Crippen molar-refractivity contribution in [3.05, 3.63) is 24.0 Å². The van der Waals surface area contributed by atoms with E-state index in [2.05, 4.69) is 0 Å². The van der Waals surface area contributed by atoms with Crippen LogP contribution in [0.3, 0.4) is 0 Å². The molecule has 1 N–H and O–H groups in total. The molecule has 16 heavy (non-hydrogen) atoms. The van der Waals surface area contributed by atoms with E-state index in [0.717, 1.165) is 5.56 Å². The minimum Gasteiger partial charge on any atom is -0.469 e. The first-order chi connectivity index (χ1) is 7.36. The van der Waals surface area contributed by atoms with Crippen molar-refractivity contribution in [1.82, 2.24) is 4.57 Å². The van der Waals surface area contributed by atoms with Gasteiger partial charge >= 0.3 is 5.97 Å². The van der Waals surface area contributed by atoms with Crippen LogP contribution >= 0.6 is 0 Å². The predicted octanol–water partition coefficient (Wildman–Crippen LogP) is 1.74. The smallest absolute Gasteiger partial charge is 0.313 e. The van der Waals surface area contributed by atoms with Crippen molar-refractivity contribution in [2.45, 2.75) is 33.4 Å². The average molecular weight is 225 g/mol. The Morgan fingerprint density at radius 1 is 1.62 bits per heavy atom. The van der Waals surface area contributed by atoms with Gasteiger partial charge in [-0.3, -0.25) is 4.79 Å². The van der Waals surface area contributed by atoms with Crippen LogP contribution in [0, 0.1) is 5.41 Å². The zero-order valence-electron chi connectivity index (χ0n) is 10.2. The van der Waals surface area contributed by atoms with E-state index in [0.29, 0.717) is 6.54 Å². The first-order valence-electron chi connectivity index (χ1n) is 5.29. The van der Waals surface area contributed by atoms with E-state index in [4.69, 9.17) is 4.74 Å². The van der Waals surface area contributed by atoms with Gasteiger partial charge in [-0.1, -0.05) is 0 Å². The lowest BCUT2D eigenvalue weighted by atomic mass is 9.94. The number of esters is 1. The Kier molecular flexibility index (Phi) is 3.75. The molecule has 0 amide bonds. The molecule has 4 nitrogen and oxygen atoms in total. The van der Waals surface area contributed by atoms with E-state index in [9.17, 15) is 9.90 Å². The molecule has 0 aromatic carbocycles. The van der Waals surface area contributed by atoms with Gasteiger partial charge in [-0.15, -0.1) is 0 Å². The van der Waals surface area contributed by atoms with Crippen LogP contribution < -0.4 is 0 Å². The molecular weight excluding hydrogens is 206 g/mol. The van der Waals surface area contributed by atoms with Crippen LogP contribution in [0.4, 0.5) is 0 Å². The van der Waals surface area contributed by atoms with Gasteiger partial charge in [-0.25, -0.2) is 0 Å². The summed E-state index contributed by atoms with van der Waals surface area (Å²) in [6, 6.07) is 1.85. The first-order valence-corrected chi connectivity index (χ1v) is 5.29. The highest BCUT2D eigenvalue weighted by Gasteiger charge is 2.29. The Hall–Kier alpha value is -1.29. The van der Waals surface area contributed by atoms with Crippen LogP contribution in [0.1, 0.15) is 32.4 Å².